The van der Waals surface area contributed by atoms with Gasteiger partial charge in [-0.3, -0.25) is 4.79 Å². The average Bonchev–Trinajstić information content (AvgIpc) is 3.14. The minimum absolute atomic E-state index is 0.0716. The molecule has 0 aromatic rings. The summed E-state index contributed by atoms with van der Waals surface area (Å²) in [5, 5.41) is 3.12. The van der Waals surface area contributed by atoms with Gasteiger partial charge in [0.2, 0.25) is 5.91 Å². The van der Waals surface area contributed by atoms with E-state index < -0.39 is 10.2 Å². The first-order valence-corrected chi connectivity index (χ1v) is 11.4. The molecule has 2 N–H and O–H groups in total. The normalized spacial score (nSPS) is 29.7. The van der Waals surface area contributed by atoms with Crippen LogP contribution in [0.1, 0.15) is 32.6 Å². The summed E-state index contributed by atoms with van der Waals surface area (Å²) < 4.78 is 33.6. The molecule has 0 bridgehead atoms. The van der Waals surface area contributed by atoms with Crippen LogP contribution >= 0.6 is 0 Å². The smallest absolute Gasteiger partial charge is 0.282 e. The minimum Gasteiger partial charge on any atom is -0.379 e. The molecule has 150 valence electrons. The van der Waals surface area contributed by atoms with Crippen LogP contribution in [0.2, 0.25) is 0 Å². The van der Waals surface area contributed by atoms with Gasteiger partial charge in [-0.2, -0.15) is 17.0 Å². The van der Waals surface area contributed by atoms with Crippen molar-refractivity contribution in [1.29, 1.82) is 0 Å². The third-order valence-electron chi connectivity index (χ3n) is 6.05. The zero-order valence-electron chi connectivity index (χ0n) is 15.8. The number of amides is 1. The van der Waals surface area contributed by atoms with Crippen molar-refractivity contribution in [1.82, 2.24) is 13.9 Å². The standard InChI is InChI=1S/C17H32N4O4S/c1-2-19-7-3-4-16(19)14-18-17(22)15-5-8-20(9-6-15)26(23,24)21-10-12-25-13-11-21/h15-16H,2-14H2,1H3,(H,18,22)/p+1. The Balaban J connectivity index is 1.45. The Morgan fingerprint density at radius 1 is 1.12 bits per heavy atom. The Kier molecular flexibility index (Phi) is 6.90. The van der Waals surface area contributed by atoms with Crippen molar-refractivity contribution in [3.05, 3.63) is 0 Å². The van der Waals surface area contributed by atoms with Crippen molar-refractivity contribution in [2.24, 2.45) is 5.92 Å². The molecular formula is C17H33N4O4S+. The Morgan fingerprint density at radius 2 is 1.77 bits per heavy atom. The highest BCUT2D eigenvalue weighted by molar-refractivity contribution is 7.86. The second-order valence-electron chi connectivity index (χ2n) is 7.54. The summed E-state index contributed by atoms with van der Waals surface area (Å²) in [6.07, 6.45) is 3.62. The molecule has 3 saturated heterocycles. The fourth-order valence-electron chi connectivity index (χ4n) is 4.35. The van der Waals surface area contributed by atoms with E-state index in [2.05, 4.69) is 12.2 Å². The second-order valence-corrected chi connectivity index (χ2v) is 9.47. The number of likely N-dealkylation sites (tertiary alicyclic amines) is 1. The first-order chi connectivity index (χ1) is 12.5. The lowest BCUT2D eigenvalue weighted by molar-refractivity contribution is -0.909. The molecule has 0 aromatic heterocycles. The molecule has 0 saturated carbocycles. The Bertz CT molecular complexity index is 571. The highest BCUT2D eigenvalue weighted by atomic mass is 32.2. The lowest BCUT2D eigenvalue weighted by atomic mass is 9.97. The molecule has 26 heavy (non-hydrogen) atoms. The number of likely N-dealkylation sites (N-methyl/N-ethyl adjacent to an activating group) is 1. The van der Waals surface area contributed by atoms with Gasteiger partial charge in [0.15, 0.2) is 0 Å². The predicted octanol–water partition coefficient (Wildman–Crippen LogP) is -1.54. The van der Waals surface area contributed by atoms with Gasteiger partial charge in [-0.05, 0) is 19.8 Å². The van der Waals surface area contributed by atoms with E-state index in [4.69, 9.17) is 4.74 Å². The molecule has 8 nitrogen and oxygen atoms in total. The molecule has 3 fully saturated rings. The quantitative estimate of drug-likeness (QED) is 0.577. The minimum atomic E-state index is -3.42. The van der Waals surface area contributed by atoms with Crippen LogP contribution in [0, 0.1) is 5.92 Å². The molecule has 2 atom stereocenters. The highest BCUT2D eigenvalue weighted by Crippen LogP contribution is 2.22. The number of carbonyl (C=O) groups is 1. The lowest BCUT2D eigenvalue weighted by Gasteiger charge is -2.35. The van der Waals surface area contributed by atoms with Crippen molar-refractivity contribution in [2.75, 3.05) is 59.0 Å². The number of hydrogen-bond acceptors (Lipinski definition) is 4. The molecule has 0 radical (unpaired) electrons. The van der Waals surface area contributed by atoms with Gasteiger partial charge in [0, 0.05) is 44.9 Å². The van der Waals surface area contributed by atoms with Gasteiger partial charge in [-0.25, -0.2) is 0 Å². The summed E-state index contributed by atoms with van der Waals surface area (Å²) in [6, 6.07) is 0.533. The third kappa shape index (κ3) is 4.56. The topological polar surface area (TPSA) is 83.4 Å². The number of hydrogen-bond donors (Lipinski definition) is 2. The van der Waals surface area contributed by atoms with Crippen molar-refractivity contribution in [3.8, 4) is 0 Å². The Morgan fingerprint density at radius 3 is 2.42 bits per heavy atom. The van der Waals surface area contributed by atoms with Gasteiger partial charge in [-0.15, -0.1) is 0 Å². The fraction of sp³-hybridized carbons (Fsp3) is 0.941. The van der Waals surface area contributed by atoms with Gasteiger partial charge < -0.3 is 15.0 Å². The third-order valence-corrected chi connectivity index (χ3v) is 8.09. The summed E-state index contributed by atoms with van der Waals surface area (Å²) in [6.45, 7) is 7.84. The van der Waals surface area contributed by atoms with Crippen LogP contribution in [-0.4, -0.2) is 88.0 Å². The van der Waals surface area contributed by atoms with E-state index in [9.17, 15) is 13.2 Å². The molecular weight excluding hydrogens is 356 g/mol. The zero-order chi connectivity index (χ0) is 18.6. The molecule has 3 aliphatic rings. The van der Waals surface area contributed by atoms with Crippen LogP contribution in [0.3, 0.4) is 0 Å². The van der Waals surface area contributed by atoms with Gasteiger partial charge in [0.05, 0.1) is 32.8 Å². The molecule has 2 unspecified atom stereocenters. The van der Waals surface area contributed by atoms with E-state index in [-0.39, 0.29) is 11.8 Å². The van der Waals surface area contributed by atoms with Crippen LogP contribution in [-0.2, 0) is 19.7 Å². The molecule has 1 amide bonds. The number of rotatable bonds is 6. The maximum Gasteiger partial charge on any atom is 0.282 e. The van der Waals surface area contributed by atoms with Crippen molar-refractivity contribution in [3.63, 3.8) is 0 Å². The zero-order valence-corrected chi connectivity index (χ0v) is 16.6. The number of ether oxygens (including phenoxy) is 1. The molecule has 3 rings (SSSR count). The van der Waals surface area contributed by atoms with Crippen LogP contribution in [0.5, 0.6) is 0 Å². The van der Waals surface area contributed by atoms with E-state index in [0.717, 1.165) is 13.1 Å². The van der Waals surface area contributed by atoms with Gasteiger partial charge in [0.1, 0.15) is 6.04 Å². The number of piperidine rings is 1. The molecule has 0 spiro atoms. The molecule has 0 aliphatic carbocycles. The van der Waals surface area contributed by atoms with Gasteiger partial charge in [0.25, 0.3) is 10.2 Å². The molecule has 9 heteroatoms. The number of quaternary nitrogens is 1. The predicted molar refractivity (Wildman–Crippen MR) is 98.0 cm³/mol. The maximum absolute atomic E-state index is 12.7. The second kappa shape index (κ2) is 8.97. The number of nitrogens with one attached hydrogen (secondary N) is 2. The first kappa shape index (κ1) is 20.0. The van der Waals surface area contributed by atoms with Gasteiger partial charge >= 0.3 is 0 Å². The average molecular weight is 390 g/mol. The van der Waals surface area contributed by atoms with E-state index in [1.165, 1.54) is 28.0 Å². The molecule has 3 aliphatic heterocycles. The van der Waals surface area contributed by atoms with Crippen LogP contribution in [0.4, 0.5) is 0 Å². The summed E-state index contributed by atoms with van der Waals surface area (Å²) in [7, 11) is -3.42. The van der Waals surface area contributed by atoms with Crippen LogP contribution in [0.25, 0.3) is 0 Å². The number of morpholine rings is 1. The lowest BCUT2D eigenvalue weighted by Crippen LogP contribution is -3.14. The van der Waals surface area contributed by atoms with Crippen molar-refractivity contribution >= 4 is 16.1 Å². The monoisotopic (exact) mass is 389 g/mol. The number of nitrogens with zero attached hydrogens (tertiary/aromatic N) is 2. The largest absolute Gasteiger partial charge is 0.379 e. The first-order valence-electron chi connectivity index (χ1n) is 9.97. The van der Waals surface area contributed by atoms with E-state index >= 15 is 0 Å². The van der Waals surface area contributed by atoms with Crippen molar-refractivity contribution in [2.45, 2.75) is 38.6 Å². The Hall–Kier alpha value is -0.740. The van der Waals surface area contributed by atoms with Crippen LogP contribution < -0.4 is 10.2 Å². The van der Waals surface area contributed by atoms with E-state index in [1.54, 1.807) is 4.90 Å². The summed E-state index contributed by atoms with van der Waals surface area (Å²) in [5.41, 5.74) is 0. The summed E-state index contributed by atoms with van der Waals surface area (Å²) in [5.74, 6) is 0.0217. The molecule has 3 heterocycles. The molecule has 0 aromatic carbocycles. The maximum atomic E-state index is 12.7. The van der Waals surface area contributed by atoms with Gasteiger partial charge in [-0.1, -0.05) is 0 Å². The van der Waals surface area contributed by atoms with E-state index in [0.29, 0.717) is 58.3 Å². The fourth-order valence-corrected chi connectivity index (χ4v) is 5.96. The number of carbonyl (C=O) groups excluding carboxylic acids is 1. The van der Waals surface area contributed by atoms with Crippen LogP contribution in [0.15, 0.2) is 0 Å². The van der Waals surface area contributed by atoms with E-state index in [1.807, 2.05) is 0 Å². The van der Waals surface area contributed by atoms with Crippen molar-refractivity contribution < 1.29 is 22.8 Å². The summed E-state index contributed by atoms with van der Waals surface area (Å²) in [4.78, 5) is 14.1. The SMILES string of the molecule is CC[NH+]1CCCC1CNC(=O)C1CCN(S(=O)(=O)N2CCOCC2)CC1. The highest BCUT2D eigenvalue weighted by Gasteiger charge is 2.36. The summed E-state index contributed by atoms with van der Waals surface area (Å²) >= 11 is 0. The Labute approximate surface area is 157 Å².